The molecule has 6 aromatic rings. The van der Waals surface area contributed by atoms with Gasteiger partial charge in [-0.05, 0) is 62.8 Å². The van der Waals surface area contributed by atoms with Crippen LogP contribution in [-0.4, -0.2) is 67.6 Å². The number of hydrogen-bond donors (Lipinski definition) is 5. The quantitative estimate of drug-likeness (QED) is 0.0909. The Morgan fingerprint density at radius 1 is 0.750 bits per heavy atom. The van der Waals surface area contributed by atoms with Crippen molar-refractivity contribution < 1.29 is 9.59 Å². The molecule has 0 radical (unpaired) electrons. The molecule has 3 aromatic carbocycles. The molecule has 242 valence electrons. The number of hydrogen-bond acceptors (Lipinski definition) is 7. The Bertz CT molecular complexity index is 2030. The largest absolute Gasteiger partial charge is 0.358 e. The normalized spacial score (nSPS) is 12.1. The molecule has 0 atom stereocenters. The molecule has 5 N–H and O–H groups in total. The summed E-state index contributed by atoms with van der Waals surface area (Å²) in [6.07, 6.45) is 4.84. The van der Waals surface area contributed by atoms with Crippen LogP contribution in [0, 0.1) is 0 Å². The van der Waals surface area contributed by atoms with Gasteiger partial charge in [-0.15, -0.1) is 0 Å². The van der Waals surface area contributed by atoms with E-state index in [1.165, 1.54) is 0 Å². The molecule has 48 heavy (non-hydrogen) atoms. The third kappa shape index (κ3) is 7.62. The van der Waals surface area contributed by atoms with Crippen LogP contribution in [0.1, 0.15) is 57.0 Å². The Labute approximate surface area is 277 Å². The van der Waals surface area contributed by atoms with Gasteiger partial charge in [-0.25, -0.2) is 10.9 Å². The molecule has 0 spiro atoms. The standard InChI is InChI=1S/C36H36N10O2/c1-46(2)23-28-27-22-26(36(48)45-44-35(32-19-21-38-41-32)25-12-7-4-8-13-25)16-17-30(27)39-29(28)14-9-15-33(47)42-43-34(31-18-20-37-40-31)24-10-5-3-6-11-24/h3-8,10-13,16-22,39H,9,14-15,23H2,1-2H3,(H,37,40)(H,38,41)(H,42,47)(H,45,48). The fourth-order valence-electron chi connectivity index (χ4n) is 5.45. The zero-order valence-corrected chi connectivity index (χ0v) is 26.7. The summed E-state index contributed by atoms with van der Waals surface area (Å²) in [5, 5.41) is 23.7. The molecule has 2 amide bonds. The summed E-state index contributed by atoms with van der Waals surface area (Å²) in [6, 6.07) is 28.4. The monoisotopic (exact) mass is 640 g/mol. The average Bonchev–Trinajstić information content (AvgIpc) is 3.89. The van der Waals surface area contributed by atoms with E-state index in [2.05, 4.69) is 51.3 Å². The first-order valence-corrected chi connectivity index (χ1v) is 15.6. The SMILES string of the molecule is CN(C)Cc1c(CCCC(=O)NN=C(c2ccccc2)c2ccn[nH]2)[nH]c2ccc(C(=O)NN=C(c3ccccc3)c3ccn[nH]3)cc12. The Morgan fingerprint density at radius 3 is 1.92 bits per heavy atom. The van der Waals surface area contributed by atoms with Gasteiger partial charge in [-0.1, -0.05) is 60.7 Å². The Kier molecular flexibility index (Phi) is 9.92. The van der Waals surface area contributed by atoms with E-state index >= 15 is 0 Å². The summed E-state index contributed by atoms with van der Waals surface area (Å²) < 4.78 is 0. The Morgan fingerprint density at radius 2 is 1.35 bits per heavy atom. The number of aromatic amines is 3. The molecule has 0 bridgehead atoms. The molecule has 12 heteroatoms. The van der Waals surface area contributed by atoms with Gasteiger partial charge in [0.05, 0.1) is 11.4 Å². The third-order valence-corrected chi connectivity index (χ3v) is 7.73. The van der Waals surface area contributed by atoms with Crippen LogP contribution in [0.5, 0.6) is 0 Å². The number of fused-ring (bicyclic) bond motifs is 1. The molecular formula is C36H36N10O2. The van der Waals surface area contributed by atoms with Gasteiger partial charge in [0.15, 0.2) is 0 Å². The van der Waals surface area contributed by atoms with Gasteiger partial charge in [0.2, 0.25) is 5.91 Å². The highest BCUT2D eigenvalue weighted by Crippen LogP contribution is 2.26. The fourth-order valence-corrected chi connectivity index (χ4v) is 5.45. The van der Waals surface area contributed by atoms with Crippen molar-refractivity contribution in [2.24, 2.45) is 10.2 Å². The molecule has 12 nitrogen and oxygen atoms in total. The van der Waals surface area contributed by atoms with Gasteiger partial charge in [-0.2, -0.15) is 20.4 Å². The number of nitrogens with zero attached hydrogens (tertiary/aromatic N) is 5. The predicted molar refractivity (Wildman–Crippen MR) is 186 cm³/mol. The molecule has 0 saturated carbocycles. The zero-order valence-electron chi connectivity index (χ0n) is 26.7. The van der Waals surface area contributed by atoms with Gasteiger partial charge in [0.25, 0.3) is 5.91 Å². The molecule has 0 aliphatic heterocycles. The minimum absolute atomic E-state index is 0.183. The maximum absolute atomic E-state index is 13.3. The van der Waals surface area contributed by atoms with Crippen LogP contribution in [0.2, 0.25) is 0 Å². The number of benzene rings is 3. The first-order valence-electron chi connectivity index (χ1n) is 15.6. The summed E-state index contributed by atoms with van der Waals surface area (Å²) >= 11 is 0. The minimum Gasteiger partial charge on any atom is -0.358 e. The third-order valence-electron chi connectivity index (χ3n) is 7.73. The number of rotatable bonds is 13. The maximum atomic E-state index is 13.3. The fraction of sp³-hybridized carbons (Fsp3) is 0.167. The summed E-state index contributed by atoms with van der Waals surface area (Å²) in [7, 11) is 4.01. The molecule has 0 aliphatic rings. The summed E-state index contributed by atoms with van der Waals surface area (Å²) in [5.74, 6) is -0.511. The lowest BCUT2D eigenvalue weighted by molar-refractivity contribution is -0.121. The van der Waals surface area contributed by atoms with Gasteiger partial charge < -0.3 is 9.88 Å². The van der Waals surface area contributed by atoms with Crippen LogP contribution in [0.4, 0.5) is 0 Å². The van der Waals surface area contributed by atoms with Gasteiger partial charge >= 0.3 is 0 Å². The highest BCUT2D eigenvalue weighted by molar-refractivity contribution is 6.12. The molecule has 0 saturated heterocycles. The molecule has 0 aliphatic carbocycles. The number of nitrogens with one attached hydrogen (secondary N) is 5. The van der Waals surface area contributed by atoms with Crippen LogP contribution in [-0.2, 0) is 17.8 Å². The van der Waals surface area contributed by atoms with Gasteiger partial charge in [0.1, 0.15) is 11.4 Å². The van der Waals surface area contributed by atoms with Crippen molar-refractivity contribution in [2.75, 3.05) is 14.1 Å². The smallest absolute Gasteiger partial charge is 0.271 e. The number of hydrazone groups is 2. The van der Waals surface area contributed by atoms with Gasteiger partial charge in [0, 0.05) is 58.6 Å². The van der Waals surface area contributed by atoms with Gasteiger partial charge in [-0.3, -0.25) is 19.8 Å². The van der Waals surface area contributed by atoms with Crippen LogP contribution in [0.15, 0.2) is 114 Å². The second kappa shape index (κ2) is 15.0. The number of aromatic nitrogens is 5. The van der Waals surface area contributed by atoms with E-state index < -0.39 is 0 Å². The van der Waals surface area contributed by atoms with Crippen molar-refractivity contribution in [1.82, 2.24) is 41.1 Å². The molecule has 0 fully saturated rings. The van der Waals surface area contributed by atoms with Crippen LogP contribution in [0.25, 0.3) is 10.9 Å². The Hall–Kier alpha value is -6.14. The number of carbonyl (C=O) groups is 2. The number of amides is 2. The van der Waals surface area contributed by atoms with E-state index in [0.29, 0.717) is 47.8 Å². The number of carbonyl (C=O) groups excluding carboxylic acids is 2. The van der Waals surface area contributed by atoms with E-state index in [1.807, 2.05) is 93.0 Å². The van der Waals surface area contributed by atoms with E-state index in [9.17, 15) is 9.59 Å². The van der Waals surface area contributed by atoms with Crippen molar-refractivity contribution in [3.8, 4) is 0 Å². The maximum Gasteiger partial charge on any atom is 0.271 e. The second-order valence-electron chi connectivity index (χ2n) is 11.5. The zero-order chi connectivity index (χ0) is 33.3. The van der Waals surface area contributed by atoms with Crippen LogP contribution >= 0.6 is 0 Å². The topological polar surface area (TPSA) is 159 Å². The van der Waals surface area contributed by atoms with Crippen molar-refractivity contribution in [1.29, 1.82) is 0 Å². The summed E-state index contributed by atoms with van der Waals surface area (Å²) in [6.45, 7) is 0.664. The highest BCUT2D eigenvalue weighted by atomic mass is 16.2. The van der Waals surface area contributed by atoms with E-state index in [4.69, 9.17) is 0 Å². The minimum atomic E-state index is -0.328. The first kappa shape index (κ1) is 31.8. The predicted octanol–water partition coefficient (Wildman–Crippen LogP) is 4.75. The number of H-pyrrole nitrogens is 3. The molecule has 6 rings (SSSR count). The Balaban J connectivity index is 1.16. The van der Waals surface area contributed by atoms with E-state index in [-0.39, 0.29) is 18.2 Å². The number of aryl methyl sites for hydroxylation is 1. The summed E-state index contributed by atoms with van der Waals surface area (Å²) in [4.78, 5) is 31.8. The lowest BCUT2D eigenvalue weighted by atomic mass is 10.0. The second-order valence-corrected chi connectivity index (χ2v) is 11.5. The lowest BCUT2D eigenvalue weighted by Gasteiger charge is -2.12. The first-order chi connectivity index (χ1) is 23.5. The van der Waals surface area contributed by atoms with Crippen LogP contribution in [0.3, 0.4) is 0 Å². The van der Waals surface area contributed by atoms with Crippen molar-refractivity contribution in [3.63, 3.8) is 0 Å². The van der Waals surface area contributed by atoms with E-state index in [1.54, 1.807) is 24.5 Å². The van der Waals surface area contributed by atoms with Crippen molar-refractivity contribution in [3.05, 3.63) is 143 Å². The molecule has 0 unspecified atom stereocenters. The molecule has 3 aromatic heterocycles. The van der Waals surface area contributed by atoms with Crippen molar-refractivity contribution >= 4 is 34.1 Å². The highest BCUT2D eigenvalue weighted by Gasteiger charge is 2.17. The average molecular weight is 641 g/mol. The van der Waals surface area contributed by atoms with Crippen LogP contribution < -0.4 is 10.9 Å². The summed E-state index contributed by atoms with van der Waals surface area (Å²) in [5.41, 5.74) is 13.2. The van der Waals surface area contributed by atoms with Crippen molar-refractivity contribution in [2.45, 2.75) is 25.8 Å². The molecule has 3 heterocycles. The van der Waals surface area contributed by atoms with E-state index in [0.717, 1.165) is 33.3 Å². The molecular weight excluding hydrogens is 604 g/mol. The lowest BCUT2D eigenvalue weighted by Crippen LogP contribution is -2.21.